The third-order valence-corrected chi connectivity index (χ3v) is 5.60. The zero-order valence-electron chi connectivity index (χ0n) is 18.2. The van der Waals surface area contributed by atoms with Crippen molar-refractivity contribution >= 4 is 51.1 Å². The van der Waals surface area contributed by atoms with Crippen LogP contribution in [0, 0.1) is 0 Å². The topological polar surface area (TPSA) is 92.0 Å². The molecule has 0 saturated heterocycles. The Bertz CT molecular complexity index is 1340. The molecule has 0 bridgehead atoms. The maximum Gasteiger partial charge on any atom is 0.280 e. The Morgan fingerprint density at radius 2 is 1.64 bits per heavy atom. The number of carbonyl (C=O) groups is 3. The fraction of sp³-hybridized carbons (Fsp3) is 0.120. The second kappa shape index (κ2) is 8.99. The van der Waals surface area contributed by atoms with E-state index in [1.807, 2.05) is 26.0 Å². The summed E-state index contributed by atoms with van der Waals surface area (Å²) in [5.74, 6) is -0.0721. The number of nitrogens with one attached hydrogen (secondary N) is 1. The fourth-order valence-corrected chi connectivity index (χ4v) is 3.75. The number of furan rings is 1. The summed E-state index contributed by atoms with van der Waals surface area (Å²) in [5, 5.41) is 7.99. The van der Waals surface area contributed by atoms with Gasteiger partial charge in [0, 0.05) is 10.0 Å². The van der Waals surface area contributed by atoms with Gasteiger partial charge in [0.05, 0.1) is 28.1 Å². The number of amides is 3. The minimum atomic E-state index is -0.424. The van der Waals surface area contributed by atoms with Gasteiger partial charge in [-0.05, 0) is 61.5 Å². The zero-order chi connectivity index (χ0) is 23.7. The monoisotopic (exact) mass is 505 g/mol. The first-order valence-electron chi connectivity index (χ1n) is 10.4. The zero-order valence-corrected chi connectivity index (χ0v) is 19.8. The molecule has 5 rings (SSSR count). The number of fused-ring (bicyclic) bond motifs is 1. The van der Waals surface area contributed by atoms with Crippen LogP contribution < -0.4 is 10.3 Å². The summed E-state index contributed by atoms with van der Waals surface area (Å²) in [6.07, 6.45) is 1.65. The van der Waals surface area contributed by atoms with E-state index in [1.54, 1.807) is 55.5 Å². The van der Waals surface area contributed by atoms with Crippen molar-refractivity contribution in [1.82, 2.24) is 5.32 Å². The molecule has 0 spiro atoms. The first kappa shape index (κ1) is 22.4. The SMILES string of the molecule is CC.CC1=NN(c2ccc(Br)cc2)C(=O)/C1=C\c1ccc(-c2ccc3c(c2)C(=O)NC3=O)o1. The second-order valence-corrected chi connectivity index (χ2v) is 8.00. The molecule has 0 saturated carbocycles. The number of hydrogen-bond acceptors (Lipinski definition) is 5. The van der Waals surface area contributed by atoms with Gasteiger partial charge in [-0.3, -0.25) is 19.7 Å². The Morgan fingerprint density at radius 3 is 2.36 bits per heavy atom. The number of hydrazone groups is 1. The molecular weight excluding hydrogens is 486 g/mol. The smallest absolute Gasteiger partial charge is 0.280 e. The van der Waals surface area contributed by atoms with E-state index in [0.717, 1.165) is 4.47 Å². The summed E-state index contributed by atoms with van der Waals surface area (Å²) >= 11 is 3.38. The van der Waals surface area contributed by atoms with Crippen molar-refractivity contribution in [3.8, 4) is 11.3 Å². The summed E-state index contributed by atoms with van der Waals surface area (Å²) in [4.78, 5) is 36.5. The van der Waals surface area contributed by atoms with E-state index in [1.165, 1.54) is 5.01 Å². The lowest BCUT2D eigenvalue weighted by Crippen LogP contribution is -2.21. The molecule has 7 nitrogen and oxygen atoms in total. The normalized spacial score (nSPS) is 15.9. The highest BCUT2D eigenvalue weighted by atomic mass is 79.9. The van der Waals surface area contributed by atoms with Gasteiger partial charge in [-0.15, -0.1) is 0 Å². The van der Waals surface area contributed by atoms with Gasteiger partial charge in [0.1, 0.15) is 11.5 Å². The molecule has 0 unspecified atom stereocenters. The Balaban J connectivity index is 0.00000126. The molecule has 0 atom stereocenters. The van der Waals surface area contributed by atoms with Gasteiger partial charge in [-0.1, -0.05) is 35.8 Å². The highest BCUT2D eigenvalue weighted by Gasteiger charge is 2.29. The van der Waals surface area contributed by atoms with Crippen LogP contribution in [0.2, 0.25) is 0 Å². The standard InChI is InChI=1S/C23H14BrN3O4.C2H6/c1-12-18(23(30)27(26-12)15-5-3-14(24)4-6-15)11-16-7-9-20(31-16)13-2-8-17-19(10-13)22(29)25-21(17)28;1-2/h2-11H,1H3,(H,25,28,29);1-2H3/b18-11-;. The van der Waals surface area contributed by atoms with Crippen molar-refractivity contribution in [3.05, 3.63) is 81.5 Å². The van der Waals surface area contributed by atoms with Crippen LogP contribution in [-0.2, 0) is 4.79 Å². The lowest BCUT2D eigenvalue weighted by atomic mass is 10.0. The fourth-order valence-electron chi connectivity index (χ4n) is 3.49. The van der Waals surface area contributed by atoms with Crippen LogP contribution in [0.1, 0.15) is 47.2 Å². The first-order valence-corrected chi connectivity index (χ1v) is 11.2. The molecule has 1 aromatic heterocycles. The molecule has 3 amide bonds. The van der Waals surface area contributed by atoms with Crippen LogP contribution >= 0.6 is 15.9 Å². The first-order chi connectivity index (χ1) is 15.9. The van der Waals surface area contributed by atoms with Gasteiger partial charge in [0.15, 0.2) is 0 Å². The molecule has 2 aliphatic heterocycles. The molecule has 2 aliphatic rings. The van der Waals surface area contributed by atoms with Crippen LogP contribution in [0.4, 0.5) is 5.69 Å². The average Bonchev–Trinajstić information content (AvgIpc) is 3.49. The third-order valence-electron chi connectivity index (χ3n) is 5.07. The third kappa shape index (κ3) is 4.17. The largest absolute Gasteiger partial charge is 0.457 e. The molecular formula is C25H20BrN3O4. The van der Waals surface area contributed by atoms with Crippen molar-refractivity contribution in [3.63, 3.8) is 0 Å². The number of hydrogen-bond donors (Lipinski definition) is 1. The van der Waals surface area contributed by atoms with Gasteiger partial charge in [-0.2, -0.15) is 10.1 Å². The van der Waals surface area contributed by atoms with E-state index in [-0.39, 0.29) is 5.91 Å². The van der Waals surface area contributed by atoms with E-state index in [4.69, 9.17) is 4.42 Å². The molecule has 33 heavy (non-hydrogen) atoms. The van der Waals surface area contributed by atoms with E-state index >= 15 is 0 Å². The Hall–Kier alpha value is -3.78. The molecule has 8 heteroatoms. The quantitative estimate of drug-likeness (QED) is 0.379. The number of halogens is 1. The molecule has 3 aromatic rings. The maximum atomic E-state index is 12.9. The summed E-state index contributed by atoms with van der Waals surface area (Å²) in [6, 6.07) is 15.7. The maximum absolute atomic E-state index is 12.9. The van der Waals surface area contributed by atoms with Crippen molar-refractivity contribution in [2.45, 2.75) is 20.8 Å². The molecule has 2 aromatic carbocycles. The van der Waals surface area contributed by atoms with Crippen LogP contribution in [0.25, 0.3) is 17.4 Å². The Morgan fingerprint density at radius 1 is 0.939 bits per heavy atom. The molecule has 0 radical (unpaired) electrons. The number of anilines is 1. The molecule has 166 valence electrons. The van der Waals surface area contributed by atoms with Gasteiger partial charge in [0.25, 0.3) is 17.7 Å². The van der Waals surface area contributed by atoms with E-state index < -0.39 is 11.8 Å². The summed E-state index contributed by atoms with van der Waals surface area (Å²) < 4.78 is 6.79. The second-order valence-electron chi connectivity index (χ2n) is 7.08. The van der Waals surface area contributed by atoms with Crippen molar-refractivity contribution < 1.29 is 18.8 Å². The Labute approximate surface area is 198 Å². The lowest BCUT2D eigenvalue weighted by Gasteiger charge is -2.11. The number of carbonyl (C=O) groups excluding carboxylic acids is 3. The summed E-state index contributed by atoms with van der Waals surface area (Å²) in [7, 11) is 0. The van der Waals surface area contributed by atoms with Crippen LogP contribution in [-0.4, -0.2) is 23.4 Å². The number of imide groups is 1. The van der Waals surface area contributed by atoms with Gasteiger partial charge < -0.3 is 4.42 Å². The average molecular weight is 506 g/mol. The Kier molecular flexibility index (Phi) is 6.11. The molecule has 0 aliphatic carbocycles. The van der Waals surface area contributed by atoms with Crippen LogP contribution in [0.15, 0.2) is 74.2 Å². The minimum absolute atomic E-state index is 0.245. The predicted molar refractivity (Wildman–Crippen MR) is 130 cm³/mol. The number of rotatable bonds is 3. The van der Waals surface area contributed by atoms with E-state index in [0.29, 0.717) is 45.2 Å². The van der Waals surface area contributed by atoms with Gasteiger partial charge in [-0.25, -0.2) is 0 Å². The van der Waals surface area contributed by atoms with E-state index in [9.17, 15) is 14.4 Å². The summed E-state index contributed by atoms with van der Waals surface area (Å²) in [5.41, 5.74) is 3.01. The van der Waals surface area contributed by atoms with E-state index in [2.05, 4.69) is 26.3 Å². The number of benzene rings is 2. The lowest BCUT2D eigenvalue weighted by molar-refractivity contribution is -0.114. The predicted octanol–water partition coefficient (Wildman–Crippen LogP) is 5.43. The highest BCUT2D eigenvalue weighted by Crippen LogP contribution is 2.30. The molecule has 3 heterocycles. The van der Waals surface area contributed by atoms with Gasteiger partial charge >= 0.3 is 0 Å². The van der Waals surface area contributed by atoms with Crippen LogP contribution in [0.3, 0.4) is 0 Å². The number of nitrogens with zero attached hydrogens (tertiary/aromatic N) is 2. The van der Waals surface area contributed by atoms with Crippen molar-refractivity contribution in [2.75, 3.05) is 5.01 Å². The van der Waals surface area contributed by atoms with Crippen LogP contribution in [0.5, 0.6) is 0 Å². The summed E-state index contributed by atoms with van der Waals surface area (Å²) in [6.45, 7) is 5.77. The molecule has 1 N–H and O–H groups in total. The van der Waals surface area contributed by atoms with Crippen molar-refractivity contribution in [2.24, 2.45) is 5.10 Å². The van der Waals surface area contributed by atoms with Crippen molar-refractivity contribution in [1.29, 1.82) is 0 Å². The van der Waals surface area contributed by atoms with Gasteiger partial charge in [0.2, 0.25) is 0 Å². The highest BCUT2D eigenvalue weighted by molar-refractivity contribution is 9.10. The minimum Gasteiger partial charge on any atom is -0.457 e. The molecule has 0 fully saturated rings.